The van der Waals surface area contributed by atoms with Crippen molar-refractivity contribution in [3.63, 3.8) is 0 Å². The van der Waals surface area contributed by atoms with E-state index >= 15 is 0 Å². The number of rotatable bonds is 8. The van der Waals surface area contributed by atoms with Crippen molar-refractivity contribution in [1.82, 2.24) is 14.5 Å². The number of carbonyl (C=O) groups is 2. The van der Waals surface area contributed by atoms with Crippen LogP contribution in [0, 0.1) is 6.92 Å². The molecule has 0 aliphatic rings. The van der Waals surface area contributed by atoms with Crippen molar-refractivity contribution in [1.29, 1.82) is 0 Å². The van der Waals surface area contributed by atoms with Crippen LogP contribution in [-0.4, -0.2) is 46.0 Å². The van der Waals surface area contributed by atoms with Gasteiger partial charge in [-0.25, -0.2) is 4.98 Å². The van der Waals surface area contributed by atoms with E-state index in [2.05, 4.69) is 0 Å². The number of benzene rings is 2. The highest BCUT2D eigenvalue weighted by atomic mass is 35.5. The second-order valence-electron chi connectivity index (χ2n) is 8.38. The van der Waals surface area contributed by atoms with E-state index in [0.29, 0.717) is 54.4 Å². The molecule has 0 aliphatic heterocycles. The van der Waals surface area contributed by atoms with E-state index in [1.54, 1.807) is 49.9 Å². The minimum Gasteiger partial charge on any atom is -0.344 e. The van der Waals surface area contributed by atoms with E-state index in [4.69, 9.17) is 28.2 Å². The van der Waals surface area contributed by atoms with E-state index in [1.807, 2.05) is 24.3 Å². The highest BCUT2D eigenvalue weighted by molar-refractivity contribution is 7.99. The lowest BCUT2D eigenvalue weighted by molar-refractivity contribution is 0.0831. The quantitative estimate of drug-likeness (QED) is 0.150. The van der Waals surface area contributed by atoms with Crippen molar-refractivity contribution < 1.29 is 9.59 Å². The summed E-state index contributed by atoms with van der Waals surface area (Å²) in [6.45, 7) is 2.15. The Labute approximate surface area is 226 Å². The number of amides is 1. The molecule has 4 rings (SSSR count). The van der Waals surface area contributed by atoms with Gasteiger partial charge in [-0.1, -0.05) is 47.1 Å². The number of Topliss-reactive ketones (excluding diaryl/α,β-unsaturated/α-hetero) is 1. The van der Waals surface area contributed by atoms with E-state index in [-0.39, 0.29) is 23.0 Å². The molecule has 186 valence electrons. The Morgan fingerprint density at radius 1 is 1.03 bits per heavy atom. The standard InChI is InChI=1S/C26H23Cl2N3O3S2/c1-15-21-23(36-22(15)25(34)30(2)3)29-26(35-14-20(32)17-6-10-19(28)11-7-17)31(24(21)33)13-12-16-4-8-18(27)9-5-16/h4-11H,12-14H2,1-3H3. The van der Waals surface area contributed by atoms with Crippen LogP contribution in [0.25, 0.3) is 10.2 Å². The first-order chi connectivity index (χ1) is 17.2. The number of carbonyl (C=O) groups excluding carboxylic acids is 2. The van der Waals surface area contributed by atoms with Crippen molar-refractivity contribution in [3.8, 4) is 0 Å². The highest BCUT2D eigenvalue weighted by Gasteiger charge is 2.23. The van der Waals surface area contributed by atoms with Crippen LogP contribution in [-0.2, 0) is 13.0 Å². The number of aryl methyl sites for hydroxylation is 2. The maximum absolute atomic E-state index is 13.7. The van der Waals surface area contributed by atoms with Crippen LogP contribution in [0.4, 0.5) is 0 Å². The number of aromatic nitrogens is 2. The Balaban J connectivity index is 1.72. The second-order valence-corrected chi connectivity index (χ2v) is 11.2. The third-order valence-corrected chi connectivity index (χ3v) is 8.31. The Bertz CT molecular complexity index is 1490. The summed E-state index contributed by atoms with van der Waals surface area (Å²) in [6.07, 6.45) is 0.579. The van der Waals surface area contributed by atoms with Crippen LogP contribution in [0.1, 0.15) is 31.2 Å². The van der Waals surface area contributed by atoms with Crippen LogP contribution in [0.15, 0.2) is 58.5 Å². The molecular weight excluding hydrogens is 537 g/mol. The third kappa shape index (κ3) is 5.67. The molecule has 0 N–H and O–H groups in total. The number of halogens is 2. The average molecular weight is 561 g/mol. The first-order valence-electron chi connectivity index (χ1n) is 11.1. The van der Waals surface area contributed by atoms with E-state index in [0.717, 1.165) is 5.56 Å². The molecule has 0 radical (unpaired) electrons. The molecule has 2 aromatic carbocycles. The molecule has 1 amide bonds. The fourth-order valence-corrected chi connectivity index (χ4v) is 6.07. The SMILES string of the molecule is Cc1c(C(=O)N(C)C)sc2nc(SCC(=O)c3ccc(Cl)cc3)n(CCc3ccc(Cl)cc3)c(=O)c12. The summed E-state index contributed by atoms with van der Waals surface area (Å²) >= 11 is 14.4. The monoisotopic (exact) mass is 559 g/mol. The summed E-state index contributed by atoms with van der Waals surface area (Å²) in [7, 11) is 3.35. The smallest absolute Gasteiger partial charge is 0.263 e. The molecule has 0 spiro atoms. The summed E-state index contributed by atoms with van der Waals surface area (Å²) in [5.74, 6) is -0.162. The van der Waals surface area contributed by atoms with E-state index in [1.165, 1.54) is 28.0 Å². The predicted octanol–water partition coefficient (Wildman–Crippen LogP) is 5.99. The van der Waals surface area contributed by atoms with Gasteiger partial charge in [0.1, 0.15) is 4.83 Å². The number of ketones is 1. The zero-order valence-corrected chi connectivity index (χ0v) is 23.0. The molecule has 0 unspecified atom stereocenters. The molecule has 36 heavy (non-hydrogen) atoms. The van der Waals surface area contributed by atoms with Crippen molar-refractivity contribution >= 4 is 68.2 Å². The van der Waals surface area contributed by atoms with Crippen LogP contribution in [0.2, 0.25) is 10.0 Å². The Hall–Kier alpha value is -2.65. The summed E-state index contributed by atoms with van der Waals surface area (Å²) in [5.41, 5.74) is 1.96. The minimum absolute atomic E-state index is 0.0962. The average Bonchev–Trinajstić information content (AvgIpc) is 3.19. The molecule has 0 saturated heterocycles. The molecule has 0 atom stereocenters. The summed E-state index contributed by atoms with van der Waals surface area (Å²) in [5, 5.41) is 2.07. The maximum atomic E-state index is 13.7. The summed E-state index contributed by atoms with van der Waals surface area (Å²) in [4.78, 5) is 46.3. The van der Waals surface area contributed by atoms with Crippen molar-refractivity contribution in [2.75, 3.05) is 19.8 Å². The Morgan fingerprint density at radius 3 is 2.25 bits per heavy atom. The topological polar surface area (TPSA) is 72.3 Å². The van der Waals surface area contributed by atoms with Crippen LogP contribution < -0.4 is 5.56 Å². The molecule has 10 heteroatoms. The Kier molecular flexibility index (Phi) is 8.20. The zero-order chi connectivity index (χ0) is 26.0. The van der Waals surface area contributed by atoms with Crippen LogP contribution in [0.3, 0.4) is 0 Å². The number of hydrogen-bond acceptors (Lipinski definition) is 6. The summed E-state index contributed by atoms with van der Waals surface area (Å²) in [6, 6.07) is 14.1. The molecule has 6 nitrogen and oxygen atoms in total. The lowest BCUT2D eigenvalue weighted by Crippen LogP contribution is -2.25. The Morgan fingerprint density at radius 2 is 1.64 bits per heavy atom. The van der Waals surface area contributed by atoms with Gasteiger partial charge in [-0.2, -0.15) is 0 Å². The third-order valence-electron chi connectivity index (χ3n) is 5.65. The first kappa shape index (κ1) is 26.4. The normalized spacial score (nSPS) is 11.1. The molecule has 0 aliphatic carbocycles. The first-order valence-corrected chi connectivity index (χ1v) is 13.6. The molecule has 0 fully saturated rings. The van der Waals surface area contributed by atoms with E-state index < -0.39 is 0 Å². The van der Waals surface area contributed by atoms with Crippen LogP contribution in [0.5, 0.6) is 0 Å². The molecule has 0 saturated carbocycles. The van der Waals surface area contributed by atoms with Gasteiger partial charge in [0.05, 0.1) is 16.0 Å². The minimum atomic E-state index is -0.220. The van der Waals surface area contributed by atoms with Gasteiger partial charge in [0.25, 0.3) is 11.5 Å². The van der Waals surface area contributed by atoms with Crippen molar-refractivity contribution in [2.45, 2.75) is 25.0 Å². The van der Waals surface area contributed by atoms with Gasteiger partial charge < -0.3 is 4.90 Å². The van der Waals surface area contributed by atoms with Gasteiger partial charge >= 0.3 is 0 Å². The van der Waals surface area contributed by atoms with Crippen molar-refractivity contribution in [2.24, 2.45) is 0 Å². The number of hydrogen-bond donors (Lipinski definition) is 0. The molecule has 2 aromatic heterocycles. The lowest BCUT2D eigenvalue weighted by Gasteiger charge is -2.12. The second kappa shape index (κ2) is 11.2. The lowest BCUT2D eigenvalue weighted by atomic mass is 10.1. The van der Waals surface area contributed by atoms with Gasteiger partial charge in [0.15, 0.2) is 10.9 Å². The fraction of sp³-hybridized carbons (Fsp3) is 0.231. The van der Waals surface area contributed by atoms with Gasteiger partial charge in [0.2, 0.25) is 0 Å². The zero-order valence-electron chi connectivity index (χ0n) is 19.9. The summed E-state index contributed by atoms with van der Waals surface area (Å²) < 4.78 is 1.60. The fourth-order valence-electron chi connectivity index (χ4n) is 3.65. The van der Waals surface area contributed by atoms with Gasteiger partial charge in [-0.3, -0.25) is 19.0 Å². The van der Waals surface area contributed by atoms with E-state index in [9.17, 15) is 14.4 Å². The van der Waals surface area contributed by atoms with Gasteiger partial charge in [-0.15, -0.1) is 11.3 Å². The number of thiophene rings is 1. The number of fused-ring (bicyclic) bond motifs is 1. The van der Waals surface area contributed by atoms with Crippen LogP contribution >= 0.6 is 46.3 Å². The maximum Gasteiger partial charge on any atom is 0.263 e. The van der Waals surface area contributed by atoms with Crippen molar-refractivity contribution in [3.05, 3.63) is 90.5 Å². The van der Waals surface area contributed by atoms with Gasteiger partial charge in [-0.05, 0) is 60.9 Å². The van der Waals surface area contributed by atoms with Gasteiger partial charge in [0, 0.05) is 36.2 Å². The number of nitrogens with zero attached hydrogens (tertiary/aromatic N) is 3. The highest BCUT2D eigenvalue weighted by Crippen LogP contribution is 2.30. The largest absolute Gasteiger partial charge is 0.344 e. The molecule has 2 heterocycles. The predicted molar refractivity (Wildman–Crippen MR) is 148 cm³/mol. The molecule has 0 bridgehead atoms. The molecule has 4 aromatic rings. The molecular formula is C26H23Cl2N3O3S2. The number of thioether (sulfide) groups is 1.